The quantitative estimate of drug-likeness (QED) is 0.353. The molecule has 0 heterocycles. The van der Waals surface area contributed by atoms with Crippen molar-refractivity contribution in [3.05, 3.63) is 89.0 Å². The van der Waals surface area contributed by atoms with Crippen molar-refractivity contribution in [2.45, 2.75) is 0 Å². The van der Waals surface area contributed by atoms with Crippen molar-refractivity contribution in [2.24, 2.45) is 10.2 Å². The first-order chi connectivity index (χ1) is 11.3. The third-order valence-electron chi connectivity index (χ3n) is 3.33. The van der Waals surface area contributed by atoms with E-state index in [0.717, 1.165) is 11.1 Å². The summed E-state index contributed by atoms with van der Waals surface area (Å²) < 4.78 is 0. The van der Waals surface area contributed by atoms with Crippen molar-refractivity contribution in [1.29, 1.82) is 0 Å². The molecule has 0 saturated heterocycles. The van der Waals surface area contributed by atoms with Gasteiger partial charge in [-0.25, -0.2) is 0 Å². The molecule has 0 aliphatic rings. The van der Waals surface area contributed by atoms with Gasteiger partial charge < -0.3 is 0 Å². The smallest absolute Gasteiger partial charge is 0.258 e. The molecule has 0 amide bonds. The van der Waals surface area contributed by atoms with Gasteiger partial charge in [-0.3, -0.25) is 10.1 Å². The Morgan fingerprint density at radius 2 is 1.26 bits per heavy atom. The summed E-state index contributed by atoms with van der Waals surface area (Å²) in [6.45, 7) is 0. The van der Waals surface area contributed by atoms with Gasteiger partial charge in [0.05, 0.1) is 10.6 Å². The van der Waals surface area contributed by atoms with Crippen molar-refractivity contribution in [3.8, 4) is 11.1 Å². The fraction of sp³-hybridized carbons (Fsp3) is 0. The Morgan fingerprint density at radius 3 is 2.00 bits per heavy atom. The Morgan fingerprint density at radius 1 is 0.696 bits per heavy atom. The van der Waals surface area contributed by atoms with E-state index in [1.807, 2.05) is 54.6 Å². The molecule has 0 N–H and O–H groups in total. The van der Waals surface area contributed by atoms with Gasteiger partial charge in [0.25, 0.3) is 5.69 Å². The number of nitro benzene ring substituents is 1. The maximum atomic E-state index is 11.0. The van der Waals surface area contributed by atoms with E-state index in [4.69, 9.17) is 0 Å². The van der Waals surface area contributed by atoms with E-state index in [0.29, 0.717) is 5.69 Å². The number of hydrogen-bond acceptors (Lipinski definition) is 4. The summed E-state index contributed by atoms with van der Waals surface area (Å²) in [6, 6.07) is 23.7. The summed E-state index contributed by atoms with van der Waals surface area (Å²) >= 11 is 0. The van der Waals surface area contributed by atoms with Crippen LogP contribution in [0.1, 0.15) is 0 Å². The van der Waals surface area contributed by atoms with Gasteiger partial charge in [0, 0.05) is 11.6 Å². The molecule has 23 heavy (non-hydrogen) atoms. The first-order valence-electron chi connectivity index (χ1n) is 7.05. The van der Waals surface area contributed by atoms with Crippen LogP contribution in [0.5, 0.6) is 0 Å². The maximum absolute atomic E-state index is 11.0. The summed E-state index contributed by atoms with van der Waals surface area (Å²) in [5.74, 6) is 0. The lowest BCUT2D eigenvalue weighted by Crippen LogP contribution is -1.87. The summed E-state index contributed by atoms with van der Waals surface area (Å²) in [5.41, 5.74) is 2.78. The van der Waals surface area contributed by atoms with Crippen molar-refractivity contribution in [3.63, 3.8) is 0 Å². The summed E-state index contributed by atoms with van der Waals surface area (Å²) in [7, 11) is 0. The van der Waals surface area contributed by atoms with Crippen LogP contribution in [0.2, 0.25) is 0 Å². The zero-order valence-electron chi connectivity index (χ0n) is 12.2. The van der Waals surface area contributed by atoms with Crippen LogP contribution < -0.4 is 0 Å². The third kappa shape index (κ3) is 3.29. The number of benzene rings is 3. The number of azo groups is 1. The first-order valence-corrected chi connectivity index (χ1v) is 7.05. The largest absolute Gasteiger partial charge is 0.296 e. The van der Waals surface area contributed by atoms with Gasteiger partial charge in [0.1, 0.15) is 0 Å². The lowest BCUT2D eigenvalue weighted by Gasteiger charge is -2.04. The van der Waals surface area contributed by atoms with Crippen LogP contribution in [0.3, 0.4) is 0 Å². The van der Waals surface area contributed by atoms with Crippen molar-refractivity contribution in [1.82, 2.24) is 0 Å². The number of nitro groups is 1. The zero-order valence-corrected chi connectivity index (χ0v) is 12.2. The molecule has 5 nitrogen and oxygen atoms in total. The SMILES string of the molecule is O=[N+]([O-])c1ccccc1N=Nc1ccccc1-c1ccccc1. The van der Waals surface area contributed by atoms with Crippen LogP contribution in [-0.4, -0.2) is 4.92 Å². The summed E-state index contributed by atoms with van der Waals surface area (Å²) in [5, 5.41) is 19.3. The molecule has 0 aliphatic heterocycles. The highest BCUT2D eigenvalue weighted by Gasteiger charge is 2.12. The van der Waals surface area contributed by atoms with Crippen LogP contribution >= 0.6 is 0 Å². The van der Waals surface area contributed by atoms with Crippen LogP contribution in [0.25, 0.3) is 11.1 Å². The topological polar surface area (TPSA) is 67.9 Å². The average Bonchev–Trinajstić information content (AvgIpc) is 2.61. The molecule has 0 atom stereocenters. The lowest BCUT2D eigenvalue weighted by atomic mass is 10.0. The third-order valence-corrected chi connectivity index (χ3v) is 3.33. The van der Waals surface area contributed by atoms with Crippen LogP contribution in [0.4, 0.5) is 17.1 Å². The molecule has 5 heteroatoms. The minimum atomic E-state index is -0.461. The van der Waals surface area contributed by atoms with Crippen molar-refractivity contribution < 1.29 is 4.92 Å². The molecule has 0 aliphatic carbocycles. The van der Waals surface area contributed by atoms with E-state index in [-0.39, 0.29) is 11.4 Å². The van der Waals surface area contributed by atoms with Gasteiger partial charge in [-0.05, 0) is 17.7 Å². The Bertz CT molecular complexity index is 861. The Balaban J connectivity index is 2.00. The Hall–Kier alpha value is -3.34. The molecule has 0 aromatic heterocycles. The highest BCUT2D eigenvalue weighted by molar-refractivity contribution is 5.75. The number of hydrogen-bond donors (Lipinski definition) is 0. The maximum Gasteiger partial charge on any atom is 0.296 e. The number of nitrogens with zero attached hydrogens (tertiary/aromatic N) is 3. The standard InChI is InChI=1S/C18H13N3O2/c22-21(23)18-13-7-6-12-17(18)20-19-16-11-5-4-10-15(16)14-8-2-1-3-9-14/h1-13H. The van der Waals surface area contributed by atoms with Gasteiger partial charge in [-0.15, -0.1) is 10.2 Å². The van der Waals surface area contributed by atoms with E-state index in [9.17, 15) is 10.1 Å². The lowest BCUT2D eigenvalue weighted by molar-refractivity contribution is -0.384. The summed E-state index contributed by atoms with van der Waals surface area (Å²) in [4.78, 5) is 10.6. The second-order valence-corrected chi connectivity index (χ2v) is 4.83. The average molecular weight is 303 g/mol. The van der Waals surface area contributed by atoms with E-state index in [2.05, 4.69) is 10.2 Å². The van der Waals surface area contributed by atoms with Gasteiger partial charge in [0.15, 0.2) is 5.69 Å². The normalized spacial score (nSPS) is 10.8. The van der Waals surface area contributed by atoms with Crippen LogP contribution in [-0.2, 0) is 0 Å². The molecular formula is C18H13N3O2. The molecule has 0 radical (unpaired) electrons. The number of para-hydroxylation sites is 1. The molecule has 0 fully saturated rings. The zero-order chi connectivity index (χ0) is 16.1. The molecule has 0 spiro atoms. The molecule has 0 saturated carbocycles. The Kier molecular flexibility index (Phi) is 4.20. The molecule has 0 bridgehead atoms. The second kappa shape index (κ2) is 6.62. The fourth-order valence-electron chi connectivity index (χ4n) is 2.23. The van der Waals surface area contributed by atoms with Gasteiger partial charge in [0.2, 0.25) is 0 Å². The van der Waals surface area contributed by atoms with E-state index in [1.54, 1.807) is 18.2 Å². The molecular weight excluding hydrogens is 290 g/mol. The minimum Gasteiger partial charge on any atom is -0.258 e. The Labute approximate surface area is 133 Å². The van der Waals surface area contributed by atoms with E-state index < -0.39 is 4.92 Å². The van der Waals surface area contributed by atoms with E-state index in [1.165, 1.54) is 6.07 Å². The van der Waals surface area contributed by atoms with Crippen LogP contribution in [0, 0.1) is 10.1 Å². The fourth-order valence-corrected chi connectivity index (χ4v) is 2.23. The molecule has 0 unspecified atom stereocenters. The monoisotopic (exact) mass is 303 g/mol. The molecule has 3 aromatic rings. The molecule has 112 valence electrons. The van der Waals surface area contributed by atoms with E-state index >= 15 is 0 Å². The van der Waals surface area contributed by atoms with Crippen LogP contribution in [0.15, 0.2) is 89.1 Å². The number of rotatable bonds is 4. The predicted molar refractivity (Wildman–Crippen MR) is 89.2 cm³/mol. The van der Waals surface area contributed by atoms with Crippen molar-refractivity contribution in [2.75, 3.05) is 0 Å². The van der Waals surface area contributed by atoms with Gasteiger partial charge in [-0.2, -0.15) is 0 Å². The molecule has 3 rings (SSSR count). The summed E-state index contributed by atoms with van der Waals surface area (Å²) in [6.07, 6.45) is 0. The predicted octanol–water partition coefficient (Wildman–Crippen LogP) is 5.68. The van der Waals surface area contributed by atoms with Gasteiger partial charge >= 0.3 is 0 Å². The first kappa shape index (κ1) is 14.6. The van der Waals surface area contributed by atoms with Gasteiger partial charge in [-0.1, -0.05) is 60.7 Å². The molecule has 3 aromatic carbocycles. The second-order valence-electron chi connectivity index (χ2n) is 4.83. The minimum absolute atomic E-state index is 0.0616. The van der Waals surface area contributed by atoms with Crippen molar-refractivity contribution >= 4 is 17.1 Å². The highest BCUT2D eigenvalue weighted by atomic mass is 16.6. The highest BCUT2D eigenvalue weighted by Crippen LogP contribution is 2.33.